The zero-order chi connectivity index (χ0) is 23.3. The molecule has 170 valence electrons. The van der Waals surface area contributed by atoms with E-state index in [0.717, 1.165) is 0 Å². The maximum atomic E-state index is 13.0. The first-order chi connectivity index (χ1) is 15.4. The lowest BCUT2D eigenvalue weighted by atomic mass is 9.95. The van der Waals surface area contributed by atoms with Crippen LogP contribution < -0.4 is 9.47 Å². The monoisotopic (exact) mass is 439 g/mol. The highest BCUT2D eigenvalue weighted by Crippen LogP contribution is 2.40. The molecule has 0 saturated carbocycles. The summed E-state index contributed by atoms with van der Waals surface area (Å²) in [6, 6.07) is 13.2. The number of nitrogens with zero attached hydrogens (tertiary/aromatic N) is 1. The Balaban J connectivity index is 2.10. The standard InChI is InChI=1S/C25H29NO6/c1-16(2)15-32-20-10-6-8-18(14-20)23(27)21-22(17-7-5-9-19(13-17)31-4)26(11-12-30-3)25(29)24(21)28/h5-10,13-14,16,22,27H,11-12,15H2,1-4H3/b23-21-. The Bertz CT molecular complexity index is 1010. The molecule has 7 heteroatoms. The molecule has 32 heavy (non-hydrogen) atoms. The summed E-state index contributed by atoms with van der Waals surface area (Å²) < 4.78 is 16.2. The molecular weight excluding hydrogens is 410 g/mol. The predicted octanol–water partition coefficient (Wildman–Crippen LogP) is 3.80. The van der Waals surface area contributed by atoms with Gasteiger partial charge in [-0.05, 0) is 35.7 Å². The predicted molar refractivity (Wildman–Crippen MR) is 121 cm³/mol. The van der Waals surface area contributed by atoms with Gasteiger partial charge >= 0.3 is 0 Å². The van der Waals surface area contributed by atoms with Crippen molar-refractivity contribution in [2.24, 2.45) is 5.92 Å². The van der Waals surface area contributed by atoms with E-state index in [1.54, 1.807) is 55.6 Å². The van der Waals surface area contributed by atoms with E-state index in [2.05, 4.69) is 0 Å². The molecule has 3 rings (SSSR count). The van der Waals surface area contributed by atoms with Crippen LogP contribution in [0.5, 0.6) is 11.5 Å². The van der Waals surface area contributed by atoms with Crippen LogP contribution in [0.4, 0.5) is 0 Å². The molecule has 1 atom stereocenters. The van der Waals surface area contributed by atoms with Crippen molar-refractivity contribution in [3.8, 4) is 11.5 Å². The third kappa shape index (κ3) is 4.94. The minimum atomic E-state index is -0.763. The number of amides is 1. The van der Waals surface area contributed by atoms with Crippen molar-refractivity contribution < 1.29 is 28.9 Å². The van der Waals surface area contributed by atoms with Crippen molar-refractivity contribution in [1.29, 1.82) is 0 Å². The number of rotatable bonds is 9. The van der Waals surface area contributed by atoms with Gasteiger partial charge in [0.05, 0.1) is 31.9 Å². The molecule has 1 aliphatic rings. The largest absolute Gasteiger partial charge is 0.507 e. The average Bonchev–Trinajstić information content (AvgIpc) is 3.06. The van der Waals surface area contributed by atoms with Gasteiger partial charge in [0.2, 0.25) is 0 Å². The molecular formula is C25H29NO6. The molecule has 0 aliphatic carbocycles. The van der Waals surface area contributed by atoms with Gasteiger partial charge in [-0.3, -0.25) is 9.59 Å². The molecule has 1 amide bonds. The third-order valence-corrected chi connectivity index (χ3v) is 5.18. The van der Waals surface area contributed by atoms with Gasteiger partial charge in [-0.15, -0.1) is 0 Å². The fraction of sp³-hybridized carbons (Fsp3) is 0.360. The van der Waals surface area contributed by atoms with E-state index in [9.17, 15) is 14.7 Å². The van der Waals surface area contributed by atoms with Gasteiger partial charge in [0.15, 0.2) is 0 Å². The second-order valence-corrected chi connectivity index (χ2v) is 7.99. The normalized spacial score (nSPS) is 17.8. The lowest BCUT2D eigenvalue weighted by Gasteiger charge is -2.25. The van der Waals surface area contributed by atoms with Gasteiger partial charge in [-0.2, -0.15) is 0 Å². The fourth-order valence-electron chi connectivity index (χ4n) is 3.61. The smallest absolute Gasteiger partial charge is 0.295 e. The first-order valence-electron chi connectivity index (χ1n) is 10.5. The zero-order valence-corrected chi connectivity index (χ0v) is 18.8. The Morgan fingerprint density at radius 2 is 1.78 bits per heavy atom. The number of benzene rings is 2. The lowest BCUT2D eigenvalue weighted by Crippen LogP contribution is -2.32. The van der Waals surface area contributed by atoms with Crippen LogP contribution in [0.3, 0.4) is 0 Å². The van der Waals surface area contributed by atoms with Crippen LogP contribution in [0.2, 0.25) is 0 Å². The molecule has 7 nitrogen and oxygen atoms in total. The molecule has 0 radical (unpaired) electrons. The Labute approximate surface area is 188 Å². The first kappa shape index (κ1) is 23.3. The average molecular weight is 440 g/mol. The van der Waals surface area contributed by atoms with Crippen LogP contribution in [-0.4, -0.2) is 55.7 Å². The Kier molecular flexibility index (Phi) is 7.53. The summed E-state index contributed by atoms with van der Waals surface area (Å²) in [5.74, 6) is -0.153. The van der Waals surface area contributed by atoms with Gasteiger partial charge in [0.25, 0.3) is 11.7 Å². The number of likely N-dealkylation sites (tertiary alicyclic amines) is 1. The van der Waals surface area contributed by atoms with Gasteiger partial charge in [-0.1, -0.05) is 38.1 Å². The number of aliphatic hydroxyl groups is 1. The third-order valence-electron chi connectivity index (χ3n) is 5.18. The maximum absolute atomic E-state index is 13.0. The van der Waals surface area contributed by atoms with Gasteiger partial charge < -0.3 is 24.2 Å². The van der Waals surface area contributed by atoms with E-state index in [-0.39, 0.29) is 24.5 Å². The zero-order valence-electron chi connectivity index (χ0n) is 18.8. The molecule has 1 saturated heterocycles. The molecule has 0 aromatic heterocycles. The number of carbonyl (C=O) groups excluding carboxylic acids is 2. The van der Waals surface area contributed by atoms with Crippen LogP contribution in [0.15, 0.2) is 54.1 Å². The lowest BCUT2D eigenvalue weighted by molar-refractivity contribution is -0.140. The quantitative estimate of drug-likeness (QED) is 0.363. The molecule has 2 aromatic rings. The molecule has 1 heterocycles. The molecule has 2 aromatic carbocycles. The highest BCUT2D eigenvalue weighted by molar-refractivity contribution is 6.46. The minimum Gasteiger partial charge on any atom is -0.507 e. The molecule has 1 fully saturated rings. The van der Waals surface area contributed by atoms with Crippen LogP contribution in [0.1, 0.15) is 31.0 Å². The van der Waals surface area contributed by atoms with E-state index in [0.29, 0.717) is 35.2 Å². The number of methoxy groups -OCH3 is 2. The van der Waals surface area contributed by atoms with Gasteiger partial charge in [0, 0.05) is 19.2 Å². The molecule has 1 N–H and O–H groups in total. The molecule has 1 aliphatic heterocycles. The summed E-state index contributed by atoms with van der Waals surface area (Å²) in [6.07, 6.45) is 0. The minimum absolute atomic E-state index is 0.0281. The van der Waals surface area contributed by atoms with Crippen LogP contribution in [0.25, 0.3) is 5.76 Å². The van der Waals surface area contributed by atoms with Crippen LogP contribution in [-0.2, 0) is 14.3 Å². The highest BCUT2D eigenvalue weighted by Gasteiger charge is 2.46. The van der Waals surface area contributed by atoms with E-state index in [1.807, 2.05) is 13.8 Å². The Morgan fingerprint density at radius 1 is 1.06 bits per heavy atom. The van der Waals surface area contributed by atoms with Crippen molar-refractivity contribution in [3.63, 3.8) is 0 Å². The highest BCUT2D eigenvalue weighted by atomic mass is 16.5. The number of hydrogen-bond donors (Lipinski definition) is 1. The Hall–Kier alpha value is -3.32. The number of ketones is 1. The molecule has 1 unspecified atom stereocenters. The Morgan fingerprint density at radius 3 is 2.47 bits per heavy atom. The SMILES string of the molecule is COCCN1C(=O)C(=O)/C(=C(\O)c2cccc(OCC(C)C)c2)C1c1cccc(OC)c1. The molecule has 0 bridgehead atoms. The summed E-state index contributed by atoms with van der Waals surface area (Å²) in [4.78, 5) is 27.3. The number of carbonyl (C=O) groups is 2. The molecule has 0 spiro atoms. The van der Waals surface area contributed by atoms with E-state index >= 15 is 0 Å². The van der Waals surface area contributed by atoms with Crippen molar-refractivity contribution >= 4 is 17.4 Å². The van der Waals surface area contributed by atoms with Crippen LogP contribution in [0, 0.1) is 5.92 Å². The van der Waals surface area contributed by atoms with Crippen molar-refractivity contribution in [3.05, 3.63) is 65.2 Å². The number of Topliss-reactive ketones (excluding diaryl/α,β-unsaturated/α-hetero) is 1. The summed E-state index contributed by atoms with van der Waals surface area (Å²) in [7, 11) is 3.07. The second-order valence-electron chi connectivity index (χ2n) is 7.99. The summed E-state index contributed by atoms with van der Waals surface area (Å²) in [6.45, 7) is 5.07. The van der Waals surface area contributed by atoms with Crippen molar-refractivity contribution in [1.82, 2.24) is 4.90 Å². The summed E-state index contributed by atoms with van der Waals surface area (Å²) >= 11 is 0. The van der Waals surface area contributed by atoms with Gasteiger partial charge in [0.1, 0.15) is 17.3 Å². The van der Waals surface area contributed by atoms with E-state index in [1.165, 1.54) is 12.0 Å². The number of ether oxygens (including phenoxy) is 3. The van der Waals surface area contributed by atoms with E-state index in [4.69, 9.17) is 14.2 Å². The topological polar surface area (TPSA) is 85.3 Å². The number of aliphatic hydroxyl groups excluding tert-OH is 1. The second kappa shape index (κ2) is 10.3. The van der Waals surface area contributed by atoms with Crippen molar-refractivity contribution in [2.75, 3.05) is 34.0 Å². The van der Waals surface area contributed by atoms with E-state index < -0.39 is 17.7 Å². The summed E-state index contributed by atoms with van der Waals surface area (Å²) in [5, 5.41) is 11.2. The van der Waals surface area contributed by atoms with Crippen molar-refractivity contribution in [2.45, 2.75) is 19.9 Å². The number of hydrogen-bond acceptors (Lipinski definition) is 6. The fourth-order valence-corrected chi connectivity index (χ4v) is 3.61. The van der Waals surface area contributed by atoms with Crippen LogP contribution >= 0.6 is 0 Å². The van der Waals surface area contributed by atoms with Gasteiger partial charge in [-0.25, -0.2) is 0 Å². The maximum Gasteiger partial charge on any atom is 0.295 e. The first-order valence-corrected chi connectivity index (χ1v) is 10.5. The summed E-state index contributed by atoms with van der Waals surface area (Å²) in [5.41, 5.74) is 1.10.